The molecule has 3 N–H and O–H groups in total. The second-order valence-corrected chi connectivity index (χ2v) is 7.26. The molecular formula is C11H12F4N4O7S. The number of hydrogen-bond acceptors (Lipinski definition) is 6. The number of carbonyl (C=O) groups is 3. The van der Waals surface area contributed by atoms with Crippen LogP contribution < -0.4 is 10.9 Å². The lowest BCUT2D eigenvalue weighted by molar-refractivity contribution is -0.154. The van der Waals surface area contributed by atoms with Gasteiger partial charge in [0.1, 0.15) is 18.0 Å². The summed E-state index contributed by atoms with van der Waals surface area (Å²) in [6.45, 7) is -0.811. The standard InChI is InChI=1S/C11H12F4N4O7S/c12-10(13)1-4(10)7(20)16-17-8(21)5-2-11(14,15)6-3-18(5)9(22)19(6)26-27(23,24)25/h4-6H,1-3H2,(H,16,20)(H,17,21)(H,23,24,25)/t4?,5-,6-/m0/s1. The van der Waals surface area contributed by atoms with Crippen molar-refractivity contribution in [2.75, 3.05) is 6.54 Å². The van der Waals surface area contributed by atoms with Crippen molar-refractivity contribution in [1.29, 1.82) is 0 Å². The average molecular weight is 420 g/mol. The summed E-state index contributed by atoms with van der Waals surface area (Å²) in [4.78, 5) is 36.1. The minimum Gasteiger partial charge on any atom is -0.308 e. The van der Waals surface area contributed by atoms with Gasteiger partial charge < -0.3 is 4.90 Å². The molecule has 2 bridgehead atoms. The summed E-state index contributed by atoms with van der Waals surface area (Å²) >= 11 is 0. The fourth-order valence-corrected chi connectivity index (χ4v) is 3.25. The Labute approximate surface area is 148 Å². The van der Waals surface area contributed by atoms with E-state index >= 15 is 0 Å². The molecule has 152 valence electrons. The van der Waals surface area contributed by atoms with Gasteiger partial charge in [-0.3, -0.25) is 25.0 Å². The van der Waals surface area contributed by atoms with E-state index in [0.29, 0.717) is 4.90 Å². The van der Waals surface area contributed by atoms with Gasteiger partial charge in [-0.15, -0.1) is 4.28 Å². The Morgan fingerprint density at radius 2 is 1.67 bits per heavy atom. The number of urea groups is 1. The van der Waals surface area contributed by atoms with Crippen molar-refractivity contribution in [3.8, 4) is 0 Å². The predicted molar refractivity (Wildman–Crippen MR) is 73.1 cm³/mol. The number of hydroxylamine groups is 2. The first-order valence-corrected chi connectivity index (χ1v) is 8.71. The summed E-state index contributed by atoms with van der Waals surface area (Å²) in [5.41, 5.74) is 3.35. The van der Waals surface area contributed by atoms with Gasteiger partial charge in [0.2, 0.25) is 5.91 Å². The van der Waals surface area contributed by atoms with Crippen LogP contribution in [0.1, 0.15) is 12.8 Å². The van der Waals surface area contributed by atoms with E-state index in [1.807, 2.05) is 0 Å². The fourth-order valence-electron chi connectivity index (χ4n) is 2.88. The van der Waals surface area contributed by atoms with Gasteiger partial charge in [-0.25, -0.2) is 22.4 Å². The molecule has 4 amide bonds. The molecular weight excluding hydrogens is 408 g/mol. The highest BCUT2D eigenvalue weighted by Gasteiger charge is 2.63. The third-order valence-corrected chi connectivity index (χ3v) is 4.69. The van der Waals surface area contributed by atoms with E-state index in [1.165, 1.54) is 0 Å². The minimum absolute atomic E-state index is 0.258. The summed E-state index contributed by atoms with van der Waals surface area (Å²) in [6.07, 6.45) is -1.97. The molecule has 2 saturated heterocycles. The van der Waals surface area contributed by atoms with Crippen molar-refractivity contribution in [2.45, 2.75) is 36.8 Å². The molecule has 0 aromatic rings. The van der Waals surface area contributed by atoms with Crippen LogP contribution in [0.3, 0.4) is 0 Å². The Morgan fingerprint density at radius 1 is 1.11 bits per heavy atom. The number of hydrazine groups is 1. The fraction of sp³-hybridized carbons (Fsp3) is 0.727. The van der Waals surface area contributed by atoms with E-state index < -0.39 is 77.5 Å². The van der Waals surface area contributed by atoms with Crippen LogP contribution in [0.15, 0.2) is 0 Å². The Morgan fingerprint density at radius 3 is 2.19 bits per heavy atom. The second-order valence-electron chi connectivity index (χ2n) is 6.26. The van der Waals surface area contributed by atoms with E-state index in [-0.39, 0.29) is 5.06 Å². The Hall–Kier alpha value is -2.20. The summed E-state index contributed by atoms with van der Waals surface area (Å²) in [5.74, 6) is -11.2. The van der Waals surface area contributed by atoms with E-state index in [0.717, 1.165) is 0 Å². The summed E-state index contributed by atoms with van der Waals surface area (Å²) in [5, 5.41) is -0.258. The molecule has 0 aromatic carbocycles. The zero-order valence-corrected chi connectivity index (χ0v) is 13.9. The van der Waals surface area contributed by atoms with Crippen molar-refractivity contribution in [3.63, 3.8) is 0 Å². The smallest absolute Gasteiger partial charge is 0.308 e. The maximum absolute atomic E-state index is 14.2. The molecule has 2 aliphatic heterocycles. The lowest BCUT2D eigenvalue weighted by Gasteiger charge is -2.34. The van der Waals surface area contributed by atoms with E-state index in [1.54, 1.807) is 10.9 Å². The number of piperidine rings is 1. The molecule has 16 heteroatoms. The molecule has 3 fully saturated rings. The van der Waals surface area contributed by atoms with Gasteiger partial charge in [0.25, 0.3) is 17.8 Å². The van der Waals surface area contributed by atoms with Gasteiger partial charge in [-0.2, -0.15) is 13.5 Å². The predicted octanol–water partition coefficient (Wildman–Crippen LogP) is -0.963. The number of amides is 4. The van der Waals surface area contributed by atoms with Crippen LogP contribution in [0, 0.1) is 5.92 Å². The number of carbonyl (C=O) groups excluding carboxylic acids is 3. The molecule has 0 aromatic heterocycles. The van der Waals surface area contributed by atoms with Gasteiger partial charge >= 0.3 is 16.4 Å². The van der Waals surface area contributed by atoms with Crippen LogP contribution in [0.5, 0.6) is 0 Å². The number of nitrogens with zero attached hydrogens (tertiary/aromatic N) is 2. The molecule has 11 nitrogen and oxygen atoms in total. The highest BCUT2D eigenvalue weighted by Crippen LogP contribution is 2.48. The summed E-state index contributed by atoms with van der Waals surface area (Å²) < 4.78 is 87.9. The zero-order chi connectivity index (χ0) is 20.4. The largest absolute Gasteiger partial charge is 0.418 e. The summed E-state index contributed by atoms with van der Waals surface area (Å²) in [7, 11) is -5.29. The number of hydrogen-bond donors (Lipinski definition) is 3. The lowest BCUT2D eigenvalue weighted by Crippen LogP contribution is -2.58. The van der Waals surface area contributed by atoms with Crippen molar-refractivity contribution in [3.05, 3.63) is 0 Å². The van der Waals surface area contributed by atoms with Crippen molar-refractivity contribution < 1.29 is 49.2 Å². The number of fused-ring (bicyclic) bond motifs is 2. The average Bonchev–Trinajstić information content (AvgIpc) is 3.06. The van der Waals surface area contributed by atoms with Crippen molar-refractivity contribution in [1.82, 2.24) is 20.8 Å². The van der Waals surface area contributed by atoms with E-state index in [2.05, 4.69) is 4.28 Å². The van der Waals surface area contributed by atoms with Crippen LogP contribution in [0.25, 0.3) is 0 Å². The van der Waals surface area contributed by atoms with Crippen LogP contribution in [0.4, 0.5) is 22.4 Å². The molecule has 2 heterocycles. The number of alkyl halides is 4. The number of nitrogens with one attached hydrogen (secondary N) is 2. The number of rotatable bonds is 4. The monoisotopic (exact) mass is 420 g/mol. The van der Waals surface area contributed by atoms with Crippen molar-refractivity contribution in [2.24, 2.45) is 5.92 Å². The second kappa shape index (κ2) is 5.90. The Kier molecular flexibility index (Phi) is 4.27. The van der Waals surface area contributed by atoms with Crippen molar-refractivity contribution >= 4 is 28.2 Å². The van der Waals surface area contributed by atoms with Gasteiger partial charge in [0.15, 0.2) is 0 Å². The highest BCUT2D eigenvalue weighted by molar-refractivity contribution is 7.80. The quantitative estimate of drug-likeness (QED) is 0.302. The summed E-state index contributed by atoms with van der Waals surface area (Å²) in [6, 6.07) is -5.37. The maximum atomic E-state index is 14.2. The minimum atomic E-state index is -5.29. The van der Waals surface area contributed by atoms with Crippen LogP contribution in [-0.2, 0) is 24.3 Å². The highest BCUT2D eigenvalue weighted by atomic mass is 32.3. The molecule has 1 saturated carbocycles. The topological polar surface area (TPSA) is 145 Å². The normalized spacial score (nSPS) is 30.9. The Bertz CT molecular complexity index is 807. The van der Waals surface area contributed by atoms with Gasteiger partial charge in [0, 0.05) is 12.8 Å². The van der Waals surface area contributed by atoms with Gasteiger partial charge in [-0.05, 0) is 0 Å². The van der Waals surface area contributed by atoms with Crippen LogP contribution in [-0.4, -0.2) is 71.3 Å². The molecule has 3 rings (SSSR count). The third-order valence-electron chi connectivity index (χ3n) is 4.34. The van der Waals surface area contributed by atoms with Gasteiger partial charge in [-0.1, -0.05) is 0 Å². The molecule has 1 unspecified atom stereocenters. The first-order valence-electron chi connectivity index (χ1n) is 7.35. The molecule has 3 atom stereocenters. The van der Waals surface area contributed by atoms with Crippen LogP contribution >= 0.6 is 0 Å². The third kappa shape index (κ3) is 3.63. The first kappa shape index (κ1) is 19.6. The Balaban J connectivity index is 1.69. The molecule has 0 radical (unpaired) electrons. The van der Waals surface area contributed by atoms with Gasteiger partial charge in [0.05, 0.1) is 6.54 Å². The van der Waals surface area contributed by atoms with E-state index in [4.69, 9.17) is 4.55 Å². The lowest BCUT2D eigenvalue weighted by atomic mass is 9.96. The first-order chi connectivity index (χ1) is 12.2. The van der Waals surface area contributed by atoms with Crippen LogP contribution in [0.2, 0.25) is 0 Å². The van der Waals surface area contributed by atoms with E-state index in [9.17, 15) is 40.4 Å². The maximum Gasteiger partial charge on any atom is 0.418 e. The molecule has 1 aliphatic carbocycles. The SMILES string of the molecule is O=C(NNC(=O)[C@@H]1CC(F)(F)[C@@H]2CN1C(=O)N2OS(=O)(=O)O)C1CC1(F)F. The zero-order valence-electron chi connectivity index (χ0n) is 13.1. The molecule has 27 heavy (non-hydrogen) atoms. The number of halogens is 4. The molecule has 0 spiro atoms. The molecule has 3 aliphatic rings.